The van der Waals surface area contributed by atoms with Crippen LogP contribution in [0.25, 0.3) is 0 Å². The number of nitrogens with zero attached hydrogens (tertiary/aromatic N) is 1. The maximum Gasteiger partial charge on any atom is 0.187 e. The van der Waals surface area contributed by atoms with Gasteiger partial charge < -0.3 is 15.4 Å². The van der Waals surface area contributed by atoms with Crippen molar-refractivity contribution < 1.29 is 13.9 Å². The summed E-state index contributed by atoms with van der Waals surface area (Å²) in [6.07, 6.45) is 3.96. The minimum absolute atomic E-state index is 0.0722. The van der Waals surface area contributed by atoms with E-state index in [-0.39, 0.29) is 11.6 Å². The first-order valence-corrected chi connectivity index (χ1v) is 7.09. The van der Waals surface area contributed by atoms with E-state index in [9.17, 15) is 9.18 Å². The number of hydrogen-bond donors (Lipinski definition) is 2. The average molecular weight is 329 g/mol. The van der Waals surface area contributed by atoms with Crippen molar-refractivity contribution in [3.05, 3.63) is 72.2 Å². The van der Waals surface area contributed by atoms with E-state index in [2.05, 4.69) is 5.73 Å². The van der Waals surface area contributed by atoms with Crippen LogP contribution < -0.4 is 10.5 Å². The number of rotatable bonds is 5. The standard InChI is InChI=1S/C17H16FNO2.CH4N2/c1-19(2)12-11-17(20)13-3-7-15(8-4-13)21-16-9-5-14(18)6-10-16;2-1-3/h3-12H,1-2H3;1H,(H3,2,3). The van der Waals surface area contributed by atoms with Gasteiger partial charge in [0.15, 0.2) is 5.78 Å². The molecule has 3 N–H and O–H groups in total. The van der Waals surface area contributed by atoms with Gasteiger partial charge in [-0.05, 0) is 48.5 Å². The van der Waals surface area contributed by atoms with E-state index >= 15 is 0 Å². The SMILES string of the molecule is CN(C)C=CC(=O)c1ccc(Oc2ccc(F)cc2)cc1.N=CN. The topological polar surface area (TPSA) is 79.4 Å². The second kappa shape index (κ2) is 9.78. The molecule has 126 valence electrons. The molecule has 0 heterocycles. The van der Waals surface area contributed by atoms with Gasteiger partial charge in [-0.25, -0.2) is 4.39 Å². The molecule has 0 aliphatic carbocycles. The fourth-order valence-electron chi connectivity index (χ4n) is 1.64. The number of hydrogen-bond acceptors (Lipinski definition) is 4. The monoisotopic (exact) mass is 329 g/mol. The summed E-state index contributed by atoms with van der Waals surface area (Å²) in [6.45, 7) is 0. The third kappa shape index (κ3) is 6.74. The van der Waals surface area contributed by atoms with Gasteiger partial charge in [0.1, 0.15) is 17.3 Å². The normalized spacial score (nSPS) is 9.79. The van der Waals surface area contributed by atoms with Crippen molar-refractivity contribution in [2.75, 3.05) is 14.1 Å². The van der Waals surface area contributed by atoms with Crippen LogP contribution in [0.15, 0.2) is 60.8 Å². The van der Waals surface area contributed by atoms with Gasteiger partial charge in [-0.3, -0.25) is 10.2 Å². The van der Waals surface area contributed by atoms with Gasteiger partial charge in [0.05, 0.1) is 6.34 Å². The molecule has 6 heteroatoms. The van der Waals surface area contributed by atoms with E-state index in [1.54, 1.807) is 47.5 Å². The van der Waals surface area contributed by atoms with Crippen LogP contribution in [-0.2, 0) is 0 Å². The van der Waals surface area contributed by atoms with Gasteiger partial charge in [-0.1, -0.05) is 0 Å². The minimum Gasteiger partial charge on any atom is -0.457 e. The Morgan fingerprint density at radius 1 is 1.08 bits per heavy atom. The Morgan fingerprint density at radius 2 is 1.54 bits per heavy atom. The van der Waals surface area contributed by atoms with E-state index in [1.165, 1.54) is 18.2 Å². The molecule has 0 fully saturated rings. The van der Waals surface area contributed by atoms with Crippen LogP contribution in [0.1, 0.15) is 10.4 Å². The summed E-state index contributed by atoms with van der Waals surface area (Å²) < 4.78 is 18.4. The van der Waals surface area contributed by atoms with E-state index < -0.39 is 0 Å². The number of benzene rings is 2. The Bertz CT molecular complexity index is 680. The van der Waals surface area contributed by atoms with Crippen LogP contribution >= 0.6 is 0 Å². The van der Waals surface area contributed by atoms with Crippen LogP contribution in [-0.4, -0.2) is 31.1 Å². The van der Waals surface area contributed by atoms with E-state index in [1.807, 2.05) is 14.1 Å². The zero-order valence-electron chi connectivity index (χ0n) is 13.6. The molecule has 0 amide bonds. The summed E-state index contributed by atoms with van der Waals surface area (Å²) in [4.78, 5) is 13.7. The van der Waals surface area contributed by atoms with Crippen LogP contribution in [0.5, 0.6) is 11.5 Å². The van der Waals surface area contributed by atoms with E-state index in [0.29, 0.717) is 17.1 Å². The molecule has 0 aliphatic rings. The minimum atomic E-state index is -0.309. The molecule has 0 unspecified atom stereocenters. The molecule has 2 rings (SSSR count). The highest BCUT2D eigenvalue weighted by Crippen LogP contribution is 2.22. The number of ether oxygens (including phenoxy) is 1. The van der Waals surface area contributed by atoms with Crippen LogP contribution in [0.2, 0.25) is 0 Å². The predicted octanol–water partition coefficient (Wildman–Crippen LogP) is 3.43. The molecule has 0 atom stereocenters. The van der Waals surface area contributed by atoms with Gasteiger partial charge in [-0.15, -0.1) is 0 Å². The van der Waals surface area contributed by atoms with Crippen LogP contribution in [0, 0.1) is 11.2 Å². The molecule has 2 aromatic carbocycles. The maximum atomic E-state index is 12.8. The molecule has 24 heavy (non-hydrogen) atoms. The van der Waals surface area contributed by atoms with Gasteiger partial charge in [0.25, 0.3) is 0 Å². The second-order valence-electron chi connectivity index (χ2n) is 4.89. The predicted molar refractivity (Wildman–Crippen MR) is 93.0 cm³/mol. The second-order valence-corrected chi connectivity index (χ2v) is 4.89. The smallest absolute Gasteiger partial charge is 0.187 e. The summed E-state index contributed by atoms with van der Waals surface area (Å²) in [5.41, 5.74) is 4.97. The summed E-state index contributed by atoms with van der Waals surface area (Å²) in [5.74, 6) is 0.755. The lowest BCUT2D eigenvalue weighted by Crippen LogP contribution is -2.03. The Hall–Kier alpha value is -3.15. The molecule has 0 saturated carbocycles. The highest BCUT2D eigenvalue weighted by atomic mass is 19.1. The first-order valence-electron chi connectivity index (χ1n) is 7.09. The van der Waals surface area contributed by atoms with E-state index in [0.717, 1.165) is 6.34 Å². The van der Waals surface area contributed by atoms with Gasteiger partial charge >= 0.3 is 0 Å². The molecular weight excluding hydrogens is 309 g/mol. The van der Waals surface area contributed by atoms with Gasteiger partial charge in [0.2, 0.25) is 0 Å². The number of ketones is 1. The maximum absolute atomic E-state index is 12.8. The lowest BCUT2D eigenvalue weighted by molar-refractivity contribution is 0.104. The molecule has 0 aromatic heterocycles. The fraction of sp³-hybridized carbons (Fsp3) is 0.111. The molecule has 0 saturated heterocycles. The molecule has 0 spiro atoms. The van der Waals surface area contributed by atoms with Crippen molar-refractivity contribution in [2.24, 2.45) is 5.73 Å². The van der Waals surface area contributed by atoms with Crippen molar-refractivity contribution in [1.29, 1.82) is 5.41 Å². The summed E-state index contributed by atoms with van der Waals surface area (Å²) in [7, 11) is 3.70. The largest absolute Gasteiger partial charge is 0.457 e. The molecule has 5 nitrogen and oxygen atoms in total. The summed E-state index contributed by atoms with van der Waals surface area (Å²) in [6, 6.07) is 12.6. The van der Waals surface area contributed by atoms with Gasteiger partial charge in [0, 0.05) is 31.9 Å². The highest BCUT2D eigenvalue weighted by molar-refractivity contribution is 6.04. The zero-order chi connectivity index (χ0) is 17.9. The van der Waals surface area contributed by atoms with Crippen molar-refractivity contribution >= 4 is 12.1 Å². The number of allylic oxidation sites excluding steroid dienone is 1. The van der Waals surface area contributed by atoms with Gasteiger partial charge in [-0.2, -0.15) is 0 Å². The lowest BCUT2D eigenvalue weighted by atomic mass is 10.1. The Morgan fingerprint density at radius 3 is 2.00 bits per heavy atom. The Balaban J connectivity index is 0.000000891. The Kier molecular flexibility index (Phi) is 7.70. The third-order valence-corrected chi connectivity index (χ3v) is 2.71. The van der Waals surface area contributed by atoms with Crippen LogP contribution in [0.3, 0.4) is 0 Å². The quantitative estimate of drug-likeness (QED) is 0.381. The zero-order valence-corrected chi connectivity index (χ0v) is 13.6. The molecule has 0 radical (unpaired) electrons. The number of carbonyl (C=O) groups is 1. The number of carbonyl (C=O) groups excluding carboxylic acids is 1. The molecule has 2 aromatic rings. The Labute approximate surface area is 140 Å². The lowest BCUT2D eigenvalue weighted by Gasteiger charge is -2.06. The van der Waals surface area contributed by atoms with Crippen molar-refractivity contribution in [3.8, 4) is 11.5 Å². The first-order chi connectivity index (χ1) is 11.5. The first kappa shape index (κ1) is 18.9. The summed E-state index contributed by atoms with van der Waals surface area (Å²) >= 11 is 0. The summed E-state index contributed by atoms with van der Waals surface area (Å²) in [5, 5.41) is 5.86. The number of nitrogens with one attached hydrogen (secondary N) is 1. The van der Waals surface area contributed by atoms with Crippen molar-refractivity contribution in [3.63, 3.8) is 0 Å². The van der Waals surface area contributed by atoms with Crippen molar-refractivity contribution in [2.45, 2.75) is 0 Å². The molecular formula is C18H20FN3O2. The number of halogens is 1. The number of nitrogens with two attached hydrogens (primary N) is 1. The molecule has 0 aliphatic heterocycles. The molecule has 0 bridgehead atoms. The fourth-order valence-corrected chi connectivity index (χ4v) is 1.64. The van der Waals surface area contributed by atoms with E-state index in [4.69, 9.17) is 10.1 Å². The average Bonchev–Trinajstić information content (AvgIpc) is 2.56. The third-order valence-electron chi connectivity index (χ3n) is 2.71. The van der Waals surface area contributed by atoms with Crippen molar-refractivity contribution in [1.82, 2.24) is 4.90 Å². The van der Waals surface area contributed by atoms with Crippen LogP contribution in [0.4, 0.5) is 4.39 Å². The highest BCUT2D eigenvalue weighted by Gasteiger charge is 2.03.